The first kappa shape index (κ1) is 23.0. The van der Waals surface area contributed by atoms with E-state index in [1.165, 1.54) is 22.3 Å². The van der Waals surface area contributed by atoms with Gasteiger partial charge in [0, 0.05) is 14.9 Å². The molecule has 0 bridgehead atoms. The quantitative estimate of drug-likeness (QED) is 0.213. The van der Waals surface area contributed by atoms with Gasteiger partial charge in [0.1, 0.15) is 17.0 Å². The Morgan fingerprint density at radius 2 is 1.48 bits per heavy atom. The fraction of sp³-hybridized carbons (Fsp3) is 0.205. The Labute approximate surface area is 251 Å². The number of nitrogens with zero attached hydrogens (tertiary/aromatic N) is 2. The van der Waals surface area contributed by atoms with Crippen molar-refractivity contribution in [3.63, 3.8) is 0 Å². The number of aromatic nitrogens is 2. The van der Waals surface area contributed by atoms with E-state index >= 15 is 0 Å². The molecule has 5 aromatic carbocycles. The number of hydrogen-bond donors (Lipinski definition) is 0. The third kappa shape index (κ3) is 4.15. The smallest absolute Gasteiger partial charge is 0.149 e. The van der Waals surface area contributed by atoms with Gasteiger partial charge in [0.15, 0.2) is 0 Å². The molecule has 0 N–H and O–H groups in total. The van der Waals surface area contributed by atoms with E-state index in [1.807, 2.05) is 55.5 Å². The number of rotatable bonds is 5. The molecule has 0 aliphatic rings. The van der Waals surface area contributed by atoms with Crippen molar-refractivity contribution in [2.24, 2.45) is 0 Å². The van der Waals surface area contributed by atoms with Gasteiger partial charge in [-0.25, -0.2) is 4.98 Å². The molecule has 0 atom stereocenters. The Balaban J connectivity index is 1.61. The van der Waals surface area contributed by atoms with Crippen LogP contribution in [0.15, 0.2) is 101 Å². The predicted molar refractivity (Wildman–Crippen MR) is 177 cm³/mol. The summed E-state index contributed by atoms with van der Waals surface area (Å²) in [6, 6.07) is 32.9. The van der Waals surface area contributed by atoms with Crippen molar-refractivity contribution in [2.75, 3.05) is 0 Å². The molecule has 0 saturated heterocycles. The van der Waals surface area contributed by atoms with Crippen LogP contribution in [0.2, 0.25) is 0 Å². The minimum absolute atomic E-state index is 0.224. The SMILES string of the molecule is [2H]C([2H])([2H])c1ccc(-c2nc3ccccc3n2-c2c(C(C)C)cc(-c3ccccc3)cc2C(C)C)c2oc3cc(C)ccc3c12. The van der Waals surface area contributed by atoms with Crippen LogP contribution < -0.4 is 0 Å². The average Bonchev–Trinajstić information content (AvgIpc) is 3.58. The van der Waals surface area contributed by atoms with Gasteiger partial charge in [-0.2, -0.15) is 0 Å². The van der Waals surface area contributed by atoms with E-state index in [2.05, 4.69) is 74.7 Å². The molecule has 42 heavy (non-hydrogen) atoms. The molecular weight excluding hydrogens is 512 g/mol. The molecule has 0 spiro atoms. The van der Waals surface area contributed by atoms with E-state index < -0.39 is 6.85 Å². The van der Waals surface area contributed by atoms with Crippen LogP contribution in [0.1, 0.15) is 65.9 Å². The van der Waals surface area contributed by atoms with Crippen LogP contribution in [0.3, 0.4) is 0 Å². The second-order valence-electron chi connectivity index (χ2n) is 11.9. The van der Waals surface area contributed by atoms with E-state index in [4.69, 9.17) is 13.5 Å². The summed E-state index contributed by atoms with van der Waals surface area (Å²) >= 11 is 0. The molecule has 0 amide bonds. The zero-order valence-electron chi connectivity index (χ0n) is 27.7. The van der Waals surface area contributed by atoms with Gasteiger partial charge in [0.05, 0.1) is 22.3 Å². The summed E-state index contributed by atoms with van der Waals surface area (Å²) in [5, 5.41) is 1.41. The molecule has 208 valence electrons. The van der Waals surface area contributed by atoms with Crippen LogP contribution in [0.25, 0.3) is 61.2 Å². The molecule has 2 heterocycles. The molecule has 2 aromatic heterocycles. The molecule has 7 rings (SSSR count). The molecule has 0 unspecified atom stereocenters. The highest BCUT2D eigenvalue weighted by Gasteiger charge is 2.25. The second kappa shape index (κ2) is 10.0. The third-order valence-corrected chi connectivity index (χ3v) is 8.32. The predicted octanol–water partition coefficient (Wildman–Crippen LogP) is 11.1. The van der Waals surface area contributed by atoms with Crippen molar-refractivity contribution < 1.29 is 8.53 Å². The van der Waals surface area contributed by atoms with E-state index in [0.717, 1.165) is 39.1 Å². The number of fused-ring (bicyclic) bond motifs is 4. The van der Waals surface area contributed by atoms with Gasteiger partial charge in [-0.05, 0) is 95.4 Å². The number of benzene rings is 5. The number of hydrogen-bond acceptors (Lipinski definition) is 2. The standard InChI is InChI=1S/C39H36N2O/c1-23(2)31-21-28(27-12-8-7-9-13-27)22-32(24(3)4)37(31)41-34-15-11-10-14-33(34)40-39(41)30-19-17-26(6)36-29-18-16-25(5)20-35(29)42-38(30)36/h7-24H,1-6H3/i6D3. The van der Waals surface area contributed by atoms with Crippen LogP contribution in [0.5, 0.6) is 0 Å². The summed E-state index contributed by atoms with van der Waals surface area (Å²) in [7, 11) is 0. The molecule has 7 aromatic rings. The minimum atomic E-state index is -2.30. The monoisotopic (exact) mass is 551 g/mol. The molecule has 3 heteroatoms. The Morgan fingerprint density at radius 3 is 2.19 bits per heavy atom. The molecule has 0 radical (unpaired) electrons. The fourth-order valence-corrected chi connectivity index (χ4v) is 6.21. The summed E-state index contributed by atoms with van der Waals surface area (Å²) in [5.74, 6) is 1.18. The zero-order valence-corrected chi connectivity index (χ0v) is 24.7. The maximum Gasteiger partial charge on any atom is 0.149 e. The zero-order chi connectivity index (χ0) is 31.6. The number of aryl methyl sites for hydroxylation is 2. The van der Waals surface area contributed by atoms with Crippen LogP contribution >= 0.6 is 0 Å². The van der Waals surface area contributed by atoms with Gasteiger partial charge >= 0.3 is 0 Å². The second-order valence-corrected chi connectivity index (χ2v) is 11.9. The minimum Gasteiger partial charge on any atom is -0.455 e. The Morgan fingerprint density at radius 1 is 0.762 bits per heavy atom. The summed E-state index contributed by atoms with van der Waals surface area (Å²) < 4.78 is 33.9. The molecular formula is C39H36N2O. The largest absolute Gasteiger partial charge is 0.455 e. The maximum atomic E-state index is 8.36. The number of imidazole rings is 1. The normalized spacial score (nSPS) is 13.4. The highest BCUT2D eigenvalue weighted by molar-refractivity contribution is 6.11. The Bertz CT molecular complexity index is 2190. The summed E-state index contributed by atoms with van der Waals surface area (Å²) in [6.45, 7) is 8.66. The van der Waals surface area contributed by atoms with Gasteiger partial charge in [-0.3, -0.25) is 4.57 Å². The lowest BCUT2D eigenvalue weighted by Crippen LogP contribution is -2.09. The van der Waals surface area contributed by atoms with Crippen molar-refractivity contribution in [1.82, 2.24) is 9.55 Å². The van der Waals surface area contributed by atoms with Gasteiger partial charge in [0.2, 0.25) is 0 Å². The van der Waals surface area contributed by atoms with E-state index in [0.29, 0.717) is 16.6 Å². The van der Waals surface area contributed by atoms with Crippen LogP contribution in [0.4, 0.5) is 0 Å². The van der Waals surface area contributed by atoms with Crippen LogP contribution in [0, 0.1) is 13.8 Å². The first-order valence-electron chi connectivity index (χ1n) is 16.2. The lowest BCUT2D eigenvalue weighted by molar-refractivity contribution is 0.669. The topological polar surface area (TPSA) is 31.0 Å². The van der Waals surface area contributed by atoms with Crippen molar-refractivity contribution in [2.45, 2.75) is 53.3 Å². The first-order valence-corrected chi connectivity index (χ1v) is 14.7. The number of furan rings is 1. The average molecular weight is 552 g/mol. The van der Waals surface area contributed by atoms with E-state index in [-0.39, 0.29) is 17.4 Å². The summed E-state index contributed by atoms with van der Waals surface area (Å²) in [5.41, 5.74) is 11.1. The van der Waals surface area contributed by atoms with E-state index in [9.17, 15) is 0 Å². The van der Waals surface area contributed by atoms with Crippen molar-refractivity contribution >= 4 is 33.0 Å². The Hall–Kier alpha value is -4.63. The van der Waals surface area contributed by atoms with Gasteiger partial charge in [-0.1, -0.05) is 88.4 Å². The molecule has 0 aliphatic carbocycles. The van der Waals surface area contributed by atoms with Crippen molar-refractivity contribution in [3.05, 3.63) is 119 Å². The van der Waals surface area contributed by atoms with Gasteiger partial charge < -0.3 is 4.42 Å². The van der Waals surface area contributed by atoms with Crippen molar-refractivity contribution in [3.8, 4) is 28.2 Å². The van der Waals surface area contributed by atoms with Crippen LogP contribution in [-0.2, 0) is 0 Å². The van der Waals surface area contributed by atoms with Gasteiger partial charge in [0.25, 0.3) is 0 Å². The summed E-state index contributed by atoms with van der Waals surface area (Å²) in [6.07, 6.45) is 0. The first-order chi connectivity index (χ1) is 21.5. The number of para-hydroxylation sites is 2. The molecule has 0 fully saturated rings. The maximum absolute atomic E-state index is 8.36. The highest BCUT2D eigenvalue weighted by atomic mass is 16.3. The highest BCUT2D eigenvalue weighted by Crippen LogP contribution is 2.43. The molecule has 0 saturated carbocycles. The lowest BCUT2D eigenvalue weighted by Gasteiger charge is -2.24. The fourth-order valence-electron chi connectivity index (χ4n) is 6.21. The third-order valence-electron chi connectivity index (χ3n) is 8.32. The van der Waals surface area contributed by atoms with E-state index in [1.54, 1.807) is 6.07 Å². The van der Waals surface area contributed by atoms with Crippen LogP contribution in [-0.4, -0.2) is 9.55 Å². The van der Waals surface area contributed by atoms with Gasteiger partial charge in [-0.15, -0.1) is 0 Å². The van der Waals surface area contributed by atoms with Crippen molar-refractivity contribution in [1.29, 1.82) is 0 Å². The lowest BCUT2D eigenvalue weighted by atomic mass is 9.88. The molecule has 3 nitrogen and oxygen atoms in total. The Kier molecular flexibility index (Phi) is 5.49. The summed E-state index contributed by atoms with van der Waals surface area (Å²) in [4.78, 5) is 5.23. The molecule has 0 aliphatic heterocycles.